The number of rotatable bonds is 10. The lowest BCUT2D eigenvalue weighted by Gasteiger charge is -2.25. The second-order valence-electron chi connectivity index (χ2n) is 7.96. The summed E-state index contributed by atoms with van der Waals surface area (Å²) in [6, 6.07) is 3.42. The fourth-order valence-electron chi connectivity index (χ4n) is 2.92. The Kier molecular flexibility index (Phi) is 18.4. The number of benzene rings is 1. The molecule has 0 fully saturated rings. The molecule has 1 N–H and O–H groups in total. The van der Waals surface area contributed by atoms with Gasteiger partial charge in [-0.2, -0.15) is 0 Å². The van der Waals surface area contributed by atoms with Crippen LogP contribution >= 0.6 is 11.6 Å². The van der Waals surface area contributed by atoms with Gasteiger partial charge in [0.1, 0.15) is 17.2 Å². The average molecular weight is 507 g/mol. The van der Waals surface area contributed by atoms with Gasteiger partial charge in [0.2, 0.25) is 0 Å². The van der Waals surface area contributed by atoms with Gasteiger partial charge in [0.05, 0.1) is 0 Å². The molecule has 194 valence electrons. The molecule has 0 saturated carbocycles. The van der Waals surface area contributed by atoms with Gasteiger partial charge in [-0.1, -0.05) is 62.6 Å². The monoisotopic (exact) mass is 506 g/mol. The molecule has 1 aromatic carbocycles. The highest BCUT2D eigenvalue weighted by Gasteiger charge is 2.25. The fourth-order valence-corrected chi connectivity index (χ4v) is 3.07. The van der Waals surface area contributed by atoms with E-state index in [1.54, 1.807) is 18.2 Å². The summed E-state index contributed by atoms with van der Waals surface area (Å²) in [5.74, 6) is -2.37. The van der Waals surface area contributed by atoms with Gasteiger partial charge in [0.25, 0.3) is 5.91 Å². The molecule has 0 aromatic heterocycles. The number of amides is 1. The summed E-state index contributed by atoms with van der Waals surface area (Å²) in [5.41, 5.74) is 1.38. The molecule has 1 aliphatic carbocycles. The van der Waals surface area contributed by atoms with Crippen LogP contribution in [0.4, 0.5) is 8.78 Å². The van der Waals surface area contributed by atoms with Crippen molar-refractivity contribution in [2.75, 3.05) is 19.6 Å². The molecular formula is C29H41ClF2N2O. The van der Waals surface area contributed by atoms with E-state index in [9.17, 15) is 13.6 Å². The number of allylic oxidation sites excluding steroid dienone is 7. The van der Waals surface area contributed by atoms with E-state index in [2.05, 4.69) is 32.3 Å². The molecule has 35 heavy (non-hydrogen) atoms. The van der Waals surface area contributed by atoms with Crippen molar-refractivity contribution >= 4 is 17.5 Å². The number of carbonyl (C=O) groups excluding carboxylic acids is 1. The first-order valence-electron chi connectivity index (χ1n) is 12.2. The van der Waals surface area contributed by atoms with Crippen LogP contribution in [0, 0.1) is 11.6 Å². The van der Waals surface area contributed by atoms with Crippen molar-refractivity contribution in [2.24, 2.45) is 0 Å². The molecule has 1 aromatic rings. The SMILES string of the molecule is C=CCCC(=C)C.CCCCN(C(=O)c1c(F)cccc1F)C1=CC=C(Cl)C=CC1.CCNCC. The number of halogens is 3. The Morgan fingerprint density at radius 1 is 1.17 bits per heavy atom. The van der Waals surface area contributed by atoms with E-state index in [1.165, 1.54) is 16.5 Å². The Balaban J connectivity index is 0.000000798. The Bertz CT molecular complexity index is 868. The molecule has 0 radical (unpaired) electrons. The Labute approximate surface area is 215 Å². The maximum Gasteiger partial charge on any atom is 0.263 e. The molecule has 0 heterocycles. The van der Waals surface area contributed by atoms with E-state index in [4.69, 9.17) is 11.6 Å². The number of nitrogens with one attached hydrogen (secondary N) is 1. The topological polar surface area (TPSA) is 32.3 Å². The molecule has 0 bridgehead atoms. The molecule has 2 rings (SSSR count). The van der Waals surface area contributed by atoms with Crippen LogP contribution in [-0.4, -0.2) is 30.4 Å². The normalized spacial score (nSPS) is 12.1. The van der Waals surface area contributed by atoms with E-state index in [0.717, 1.165) is 50.9 Å². The summed E-state index contributed by atoms with van der Waals surface area (Å²) < 4.78 is 27.9. The summed E-state index contributed by atoms with van der Waals surface area (Å²) in [6.45, 7) is 18.1. The zero-order valence-electron chi connectivity index (χ0n) is 21.7. The van der Waals surface area contributed by atoms with Gasteiger partial charge < -0.3 is 10.2 Å². The van der Waals surface area contributed by atoms with Gasteiger partial charge in [-0.25, -0.2) is 8.78 Å². The first kappa shape index (κ1) is 32.5. The van der Waals surface area contributed by atoms with Crippen LogP contribution in [0.2, 0.25) is 0 Å². The van der Waals surface area contributed by atoms with Crippen LogP contribution in [-0.2, 0) is 0 Å². The van der Waals surface area contributed by atoms with Crippen molar-refractivity contribution in [1.82, 2.24) is 10.2 Å². The Hall–Kier alpha value is -2.50. The minimum atomic E-state index is -0.852. The predicted molar refractivity (Wildman–Crippen MR) is 147 cm³/mol. The molecule has 1 amide bonds. The summed E-state index contributed by atoms with van der Waals surface area (Å²) in [7, 11) is 0. The van der Waals surface area contributed by atoms with Gasteiger partial charge in [-0.3, -0.25) is 4.79 Å². The van der Waals surface area contributed by atoms with Gasteiger partial charge in [-0.15, -0.1) is 13.2 Å². The van der Waals surface area contributed by atoms with Crippen LogP contribution in [0.5, 0.6) is 0 Å². The quantitative estimate of drug-likeness (QED) is 0.323. The number of carbonyl (C=O) groups is 1. The highest BCUT2D eigenvalue weighted by Crippen LogP contribution is 2.22. The van der Waals surface area contributed by atoms with E-state index >= 15 is 0 Å². The van der Waals surface area contributed by atoms with E-state index in [-0.39, 0.29) is 0 Å². The molecule has 3 nitrogen and oxygen atoms in total. The van der Waals surface area contributed by atoms with Gasteiger partial charge in [0, 0.05) is 23.7 Å². The Morgan fingerprint density at radius 2 is 1.80 bits per heavy atom. The third kappa shape index (κ3) is 13.8. The van der Waals surface area contributed by atoms with Crippen molar-refractivity contribution < 1.29 is 13.6 Å². The summed E-state index contributed by atoms with van der Waals surface area (Å²) >= 11 is 5.95. The first-order chi connectivity index (χ1) is 16.7. The maximum atomic E-state index is 13.9. The van der Waals surface area contributed by atoms with Crippen molar-refractivity contribution in [3.8, 4) is 0 Å². The highest BCUT2D eigenvalue weighted by molar-refractivity contribution is 6.31. The third-order valence-electron chi connectivity index (χ3n) is 4.82. The van der Waals surface area contributed by atoms with Gasteiger partial charge >= 0.3 is 0 Å². The van der Waals surface area contributed by atoms with Crippen molar-refractivity contribution in [3.05, 3.63) is 95.2 Å². The predicted octanol–water partition coefficient (Wildman–Crippen LogP) is 8.32. The molecule has 1 aliphatic rings. The molecule has 0 unspecified atom stereocenters. The van der Waals surface area contributed by atoms with Crippen molar-refractivity contribution in [3.63, 3.8) is 0 Å². The van der Waals surface area contributed by atoms with E-state index in [0.29, 0.717) is 23.7 Å². The molecule has 0 aliphatic heterocycles. The molecule has 0 spiro atoms. The van der Waals surface area contributed by atoms with Crippen LogP contribution in [0.25, 0.3) is 0 Å². The second kappa shape index (κ2) is 19.8. The second-order valence-corrected chi connectivity index (χ2v) is 8.40. The van der Waals surface area contributed by atoms with Crippen LogP contribution in [0.1, 0.15) is 70.2 Å². The lowest BCUT2D eigenvalue weighted by atomic mass is 10.1. The number of hydrogen-bond donors (Lipinski definition) is 1. The van der Waals surface area contributed by atoms with Gasteiger partial charge in [0.15, 0.2) is 0 Å². The lowest BCUT2D eigenvalue weighted by Crippen LogP contribution is -2.32. The zero-order valence-corrected chi connectivity index (χ0v) is 22.4. The number of nitrogens with zero attached hydrogens (tertiary/aromatic N) is 1. The maximum absolute atomic E-state index is 13.9. The van der Waals surface area contributed by atoms with Crippen LogP contribution < -0.4 is 5.32 Å². The smallest absolute Gasteiger partial charge is 0.263 e. The minimum absolute atomic E-state index is 0.397. The van der Waals surface area contributed by atoms with Crippen molar-refractivity contribution in [2.45, 2.75) is 59.8 Å². The van der Waals surface area contributed by atoms with Crippen LogP contribution in [0.3, 0.4) is 0 Å². The van der Waals surface area contributed by atoms with E-state index in [1.807, 2.05) is 26.0 Å². The third-order valence-corrected chi connectivity index (χ3v) is 5.07. The summed E-state index contributed by atoms with van der Waals surface area (Å²) in [5, 5.41) is 3.65. The molecule has 0 saturated heterocycles. The fraction of sp³-hybridized carbons (Fsp3) is 0.414. The molecular weight excluding hydrogens is 466 g/mol. The Morgan fingerprint density at radius 3 is 2.26 bits per heavy atom. The standard InChI is InChI=1S/C18H18ClF2NO.C7H12.C4H11N/c1-2-3-12-22(14-7-4-6-13(19)10-11-14)18(23)17-15(20)8-5-9-16(17)21;1-4-5-6-7(2)3;1-3-5-4-2/h4-6,8-11H,2-3,7,12H2,1H3;4H,1-2,5-6H2,3H3;5H,3-4H2,1-2H3. The minimum Gasteiger partial charge on any atom is -0.317 e. The molecule has 0 atom stereocenters. The summed E-state index contributed by atoms with van der Waals surface area (Å²) in [4.78, 5) is 14.1. The highest BCUT2D eigenvalue weighted by atomic mass is 35.5. The number of hydrogen-bond acceptors (Lipinski definition) is 2. The number of unbranched alkanes of at least 4 members (excludes halogenated alkanes) is 1. The van der Waals surface area contributed by atoms with Gasteiger partial charge in [-0.05, 0) is 69.6 Å². The zero-order chi connectivity index (χ0) is 26.6. The largest absolute Gasteiger partial charge is 0.317 e. The van der Waals surface area contributed by atoms with Crippen LogP contribution in [0.15, 0.2) is 78.0 Å². The molecule has 6 heteroatoms. The average Bonchev–Trinajstić information content (AvgIpc) is 3.03. The summed E-state index contributed by atoms with van der Waals surface area (Å²) in [6.07, 6.45) is 13.1. The van der Waals surface area contributed by atoms with E-state index < -0.39 is 23.1 Å². The van der Waals surface area contributed by atoms with Crippen molar-refractivity contribution in [1.29, 1.82) is 0 Å². The first-order valence-corrected chi connectivity index (χ1v) is 12.6. The lowest BCUT2D eigenvalue weighted by molar-refractivity contribution is 0.0791.